The van der Waals surface area contributed by atoms with Gasteiger partial charge in [-0.2, -0.15) is 0 Å². The van der Waals surface area contributed by atoms with Gasteiger partial charge >= 0.3 is 0 Å². The number of carbonyl (C=O) groups excluding carboxylic acids is 1. The molecule has 1 aromatic carbocycles. The molecule has 126 valence electrons. The van der Waals surface area contributed by atoms with Crippen LogP contribution in [0.25, 0.3) is 0 Å². The average molecular weight is 393 g/mol. The summed E-state index contributed by atoms with van der Waals surface area (Å²) in [6.45, 7) is 5.77. The normalized spacial score (nSPS) is 12.4. The molecule has 5 nitrogen and oxygen atoms in total. The van der Waals surface area contributed by atoms with Gasteiger partial charge in [0, 0.05) is 10.6 Å². The number of rotatable bonds is 4. The molecular formula is C14H18Cl2N4OS2. The Labute approximate surface area is 154 Å². The Hall–Kier alpha value is -0.860. The Morgan fingerprint density at radius 1 is 1.43 bits per heavy atom. The lowest BCUT2D eigenvalue weighted by Crippen LogP contribution is -2.45. The van der Waals surface area contributed by atoms with Crippen molar-refractivity contribution in [1.82, 2.24) is 10.2 Å². The van der Waals surface area contributed by atoms with Gasteiger partial charge in [-0.25, -0.2) is 0 Å². The maximum Gasteiger partial charge on any atom is 0.241 e. The van der Waals surface area contributed by atoms with Crippen molar-refractivity contribution >= 4 is 58.7 Å². The van der Waals surface area contributed by atoms with Crippen molar-refractivity contribution < 1.29 is 4.79 Å². The zero-order valence-electron chi connectivity index (χ0n) is 12.9. The van der Waals surface area contributed by atoms with E-state index in [2.05, 4.69) is 15.5 Å². The fourth-order valence-corrected chi connectivity index (χ4v) is 3.31. The minimum absolute atomic E-state index is 0. The smallest absolute Gasteiger partial charge is 0.241 e. The molecule has 1 aromatic heterocycles. The number of halogens is 2. The molecule has 0 saturated heterocycles. The third-order valence-electron chi connectivity index (χ3n) is 2.95. The number of nitrogens with two attached hydrogens (primary N) is 1. The lowest BCUT2D eigenvalue weighted by molar-refractivity contribution is -0.119. The first-order valence-electron chi connectivity index (χ1n) is 6.57. The first-order valence-corrected chi connectivity index (χ1v) is 8.65. The third kappa shape index (κ3) is 5.61. The molecule has 0 unspecified atom stereocenters. The summed E-state index contributed by atoms with van der Waals surface area (Å²) >= 11 is 9.13. The van der Waals surface area contributed by atoms with Gasteiger partial charge in [0.05, 0.1) is 11.1 Å². The van der Waals surface area contributed by atoms with Crippen molar-refractivity contribution in [3.8, 4) is 0 Å². The van der Waals surface area contributed by atoms with Gasteiger partial charge in [-0.05, 0) is 23.6 Å². The number of hydrogen-bond acceptors (Lipinski definition) is 6. The second kappa shape index (κ2) is 8.30. The van der Waals surface area contributed by atoms with Crippen LogP contribution in [0.3, 0.4) is 0 Å². The van der Waals surface area contributed by atoms with Crippen LogP contribution in [0.2, 0.25) is 5.02 Å². The Kier molecular flexibility index (Phi) is 7.29. The van der Waals surface area contributed by atoms with E-state index >= 15 is 0 Å². The topological polar surface area (TPSA) is 80.9 Å². The van der Waals surface area contributed by atoms with Crippen molar-refractivity contribution in [1.29, 1.82) is 0 Å². The third-order valence-corrected chi connectivity index (χ3v) is 5.23. The summed E-state index contributed by atoms with van der Waals surface area (Å²) < 4.78 is 0.813. The second-order valence-electron chi connectivity index (χ2n) is 5.78. The number of aromatic nitrogens is 2. The molecule has 0 spiro atoms. The summed E-state index contributed by atoms with van der Waals surface area (Å²) in [6.07, 6.45) is 0. The Balaban J connectivity index is 0.00000264. The highest BCUT2D eigenvalue weighted by Gasteiger charge is 2.27. The first-order chi connectivity index (χ1) is 10.3. The number of nitrogens with one attached hydrogen (secondary N) is 1. The summed E-state index contributed by atoms with van der Waals surface area (Å²) in [5, 5.41) is 11.1. The van der Waals surface area contributed by atoms with Gasteiger partial charge in [-0.1, -0.05) is 55.5 Å². The average Bonchev–Trinajstić information content (AvgIpc) is 2.93. The molecule has 9 heteroatoms. The highest BCUT2D eigenvalue weighted by atomic mass is 35.5. The molecule has 0 aliphatic heterocycles. The van der Waals surface area contributed by atoms with Crippen LogP contribution >= 0.6 is 47.1 Å². The van der Waals surface area contributed by atoms with E-state index in [-0.39, 0.29) is 23.7 Å². The van der Waals surface area contributed by atoms with Crippen molar-refractivity contribution in [3.63, 3.8) is 0 Å². The number of nitrogens with zero attached hydrogens (tertiary/aromatic N) is 2. The lowest BCUT2D eigenvalue weighted by Gasteiger charge is -2.25. The molecule has 1 amide bonds. The van der Waals surface area contributed by atoms with E-state index in [1.54, 1.807) is 17.6 Å². The summed E-state index contributed by atoms with van der Waals surface area (Å²) in [5.74, 6) is -0.229. The Bertz CT molecular complexity index is 659. The molecule has 0 radical (unpaired) electrons. The highest BCUT2D eigenvalue weighted by molar-refractivity contribution is 8.01. The van der Waals surface area contributed by atoms with Crippen molar-refractivity contribution in [3.05, 3.63) is 28.7 Å². The van der Waals surface area contributed by atoms with Gasteiger partial charge < -0.3 is 11.1 Å². The van der Waals surface area contributed by atoms with Crippen LogP contribution in [0.5, 0.6) is 0 Å². The molecule has 0 saturated carbocycles. The van der Waals surface area contributed by atoms with E-state index < -0.39 is 6.04 Å². The van der Waals surface area contributed by atoms with Gasteiger partial charge in [-0.3, -0.25) is 4.79 Å². The molecule has 2 aromatic rings. The van der Waals surface area contributed by atoms with Crippen LogP contribution in [0.1, 0.15) is 20.8 Å². The summed E-state index contributed by atoms with van der Waals surface area (Å²) in [5.41, 5.74) is 7.92. The monoisotopic (exact) mass is 392 g/mol. The van der Waals surface area contributed by atoms with E-state index in [1.807, 2.05) is 26.8 Å². The van der Waals surface area contributed by atoms with E-state index in [0.717, 1.165) is 9.24 Å². The predicted molar refractivity (Wildman–Crippen MR) is 98.8 cm³/mol. The minimum Gasteiger partial charge on any atom is -0.325 e. The molecule has 23 heavy (non-hydrogen) atoms. The van der Waals surface area contributed by atoms with Crippen molar-refractivity contribution in [2.75, 3.05) is 5.32 Å². The first kappa shape index (κ1) is 20.2. The minimum atomic E-state index is -0.596. The molecule has 1 heterocycles. The fourth-order valence-electron chi connectivity index (χ4n) is 1.58. The summed E-state index contributed by atoms with van der Waals surface area (Å²) in [6, 6.07) is 4.75. The van der Waals surface area contributed by atoms with Crippen molar-refractivity contribution in [2.45, 2.75) is 36.0 Å². The molecule has 2 rings (SSSR count). The lowest BCUT2D eigenvalue weighted by atomic mass is 9.87. The maximum absolute atomic E-state index is 12.1. The summed E-state index contributed by atoms with van der Waals surface area (Å²) in [7, 11) is 0. The van der Waals surface area contributed by atoms with E-state index in [4.69, 9.17) is 17.3 Å². The molecular weight excluding hydrogens is 375 g/mol. The van der Waals surface area contributed by atoms with Crippen LogP contribution in [0.15, 0.2) is 32.9 Å². The van der Waals surface area contributed by atoms with Crippen LogP contribution in [-0.2, 0) is 4.79 Å². The van der Waals surface area contributed by atoms with Gasteiger partial charge in [0.25, 0.3) is 0 Å². The van der Waals surface area contributed by atoms with Crippen LogP contribution in [0.4, 0.5) is 5.69 Å². The molecule has 1 atom stereocenters. The van der Waals surface area contributed by atoms with Gasteiger partial charge in [0.2, 0.25) is 5.91 Å². The van der Waals surface area contributed by atoms with Gasteiger partial charge in [0.15, 0.2) is 4.34 Å². The molecule has 3 N–H and O–H groups in total. The number of hydrogen-bond donors (Lipinski definition) is 2. The Morgan fingerprint density at radius 3 is 2.65 bits per heavy atom. The standard InChI is InChI=1S/C14H17ClN4OS2.ClH/c1-14(2,3)11(16)12(20)18-8-4-5-10(9(15)6-8)22-13-19-17-7-21-13;/h4-7,11H,16H2,1-3H3,(H,18,20);1H/t11-;/m1./s1. The maximum atomic E-state index is 12.1. The second-order valence-corrected chi connectivity index (χ2v) is 8.31. The zero-order valence-corrected chi connectivity index (χ0v) is 16.1. The molecule has 0 fully saturated rings. The number of benzene rings is 1. The SMILES string of the molecule is CC(C)(C)[C@H](N)C(=O)Nc1ccc(Sc2nncs2)c(Cl)c1.Cl. The van der Waals surface area contributed by atoms with Gasteiger partial charge in [-0.15, -0.1) is 22.6 Å². The highest BCUT2D eigenvalue weighted by Crippen LogP contribution is 2.35. The molecule has 0 aliphatic carbocycles. The van der Waals surface area contributed by atoms with Crippen LogP contribution in [-0.4, -0.2) is 22.1 Å². The Morgan fingerprint density at radius 2 is 2.13 bits per heavy atom. The van der Waals surface area contributed by atoms with E-state index in [9.17, 15) is 4.79 Å². The van der Waals surface area contributed by atoms with Crippen LogP contribution in [0, 0.1) is 5.41 Å². The van der Waals surface area contributed by atoms with Gasteiger partial charge in [0.1, 0.15) is 5.51 Å². The number of anilines is 1. The van der Waals surface area contributed by atoms with Crippen molar-refractivity contribution in [2.24, 2.45) is 11.1 Å². The molecule has 0 aliphatic rings. The number of amides is 1. The fraction of sp³-hybridized carbons (Fsp3) is 0.357. The largest absolute Gasteiger partial charge is 0.325 e. The zero-order chi connectivity index (χ0) is 16.3. The summed E-state index contributed by atoms with van der Waals surface area (Å²) in [4.78, 5) is 13.0. The molecule has 0 bridgehead atoms. The van der Waals surface area contributed by atoms with E-state index in [1.165, 1.54) is 23.1 Å². The van der Waals surface area contributed by atoms with Crippen LogP contribution < -0.4 is 11.1 Å². The quantitative estimate of drug-likeness (QED) is 0.818. The number of carbonyl (C=O) groups is 1. The van der Waals surface area contributed by atoms with E-state index in [0.29, 0.717) is 10.7 Å². The predicted octanol–water partition coefficient (Wildman–Crippen LogP) is 4.08.